The summed E-state index contributed by atoms with van der Waals surface area (Å²) in [6.45, 7) is 8.41. The van der Waals surface area contributed by atoms with Crippen LogP contribution in [0.5, 0.6) is 0 Å². The van der Waals surface area contributed by atoms with Gasteiger partial charge in [0.15, 0.2) is 0 Å². The van der Waals surface area contributed by atoms with E-state index in [1.807, 2.05) is 36.1 Å². The molecular formula is C24H27N3O2. The van der Waals surface area contributed by atoms with Gasteiger partial charge in [-0.3, -0.25) is 9.69 Å². The summed E-state index contributed by atoms with van der Waals surface area (Å²) in [5.41, 5.74) is 5.51. The number of nitrogens with zero attached hydrogens (tertiary/aromatic N) is 3. The van der Waals surface area contributed by atoms with E-state index in [0.29, 0.717) is 18.0 Å². The third kappa shape index (κ3) is 4.57. The number of aryl methyl sites for hydroxylation is 2. The number of amides is 1. The third-order valence-corrected chi connectivity index (χ3v) is 5.60. The van der Waals surface area contributed by atoms with E-state index in [1.54, 1.807) is 6.07 Å². The molecule has 0 unspecified atom stereocenters. The van der Waals surface area contributed by atoms with Crippen LogP contribution in [-0.2, 0) is 6.54 Å². The smallest absolute Gasteiger partial charge is 0.292 e. The zero-order valence-electron chi connectivity index (χ0n) is 17.1. The zero-order chi connectivity index (χ0) is 20.2. The van der Waals surface area contributed by atoms with Crippen molar-refractivity contribution in [2.75, 3.05) is 26.2 Å². The van der Waals surface area contributed by atoms with Crippen LogP contribution >= 0.6 is 0 Å². The average molecular weight is 389 g/mol. The van der Waals surface area contributed by atoms with E-state index >= 15 is 0 Å². The molecule has 2 aromatic carbocycles. The highest BCUT2D eigenvalue weighted by Gasteiger charge is 2.24. The van der Waals surface area contributed by atoms with Crippen LogP contribution in [0.4, 0.5) is 0 Å². The molecule has 0 radical (unpaired) electrons. The van der Waals surface area contributed by atoms with E-state index < -0.39 is 0 Å². The molecule has 0 atom stereocenters. The summed E-state index contributed by atoms with van der Waals surface area (Å²) in [5, 5.41) is 4.10. The average Bonchev–Trinajstić information content (AvgIpc) is 3.10. The van der Waals surface area contributed by atoms with Crippen molar-refractivity contribution in [1.82, 2.24) is 15.0 Å². The van der Waals surface area contributed by atoms with Gasteiger partial charge in [-0.05, 0) is 31.4 Å². The summed E-state index contributed by atoms with van der Waals surface area (Å²) < 4.78 is 5.39. The van der Waals surface area contributed by atoms with Gasteiger partial charge in [-0.2, -0.15) is 0 Å². The second kappa shape index (κ2) is 8.62. The zero-order valence-corrected chi connectivity index (χ0v) is 17.1. The second-order valence-electron chi connectivity index (χ2n) is 7.79. The van der Waals surface area contributed by atoms with Crippen molar-refractivity contribution in [3.05, 3.63) is 77.0 Å². The van der Waals surface area contributed by atoms with Crippen LogP contribution in [0.15, 0.2) is 59.1 Å². The van der Waals surface area contributed by atoms with Crippen molar-refractivity contribution in [2.45, 2.75) is 26.8 Å². The Morgan fingerprint density at radius 3 is 2.59 bits per heavy atom. The molecule has 2 heterocycles. The van der Waals surface area contributed by atoms with Gasteiger partial charge in [0.05, 0.1) is 0 Å². The standard InChI is InChI=1S/C24H27N3O2/c1-18-8-10-20(11-9-18)22-16-23(29-25-22)24(28)27-13-5-12-26(14-15-27)17-21-7-4-3-6-19(21)2/h3-4,6-11,16H,5,12-15,17H2,1-2H3. The number of carbonyl (C=O) groups excluding carboxylic acids is 1. The lowest BCUT2D eigenvalue weighted by Gasteiger charge is -2.22. The number of hydrogen-bond acceptors (Lipinski definition) is 4. The molecule has 5 heteroatoms. The van der Waals surface area contributed by atoms with Gasteiger partial charge in [-0.25, -0.2) is 0 Å². The monoisotopic (exact) mass is 389 g/mol. The van der Waals surface area contributed by atoms with Crippen LogP contribution in [-0.4, -0.2) is 47.0 Å². The summed E-state index contributed by atoms with van der Waals surface area (Å²) >= 11 is 0. The molecule has 1 fully saturated rings. The van der Waals surface area contributed by atoms with Gasteiger partial charge in [-0.1, -0.05) is 59.3 Å². The van der Waals surface area contributed by atoms with Crippen molar-refractivity contribution >= 4 is 5.91 Å². The first-order valence-corrected chi connectivity index (χ1v) is 10.2. The van der Waals surface area contributed by atoms with Crippen LogP contribution < -0.4 is 0 Å². The van der Waals surface area contributed by atoms with Crippen molar-refractivity contribution in [1.29, 1.82) is 0 Å². The predicted molar refractivity (Wildman–Crippen MR) is 114 cm³/mol. The van der Waals surface area contributed by atoms with Gasteiger partial charge >= 0.3 is 0 Å². The lowest BCUT2D eigenvalue weighted by molar-refractivity contribution is 0.0719. The lowest BCUT2D eigenvalue weighted by Crippen LogP contribution is -2.35. The second-order valence-corrected chi connectivity index (χ2v) is 7.79. The van der Waals surface area contributed by atoms with Crippen LogP contribution in [0.2, 0.25) is 0 Å². The third-order valence-electron chi connectivity index (χ3n) is 5.60. The number of rotatable bonds is 4. The van der Waals surface area contributed by atoms with Crippen molar-refractivity contribution < 1.29 is 9.32 Å². The number of benzene rings is 2. The molecule has 0 N–H and O–H groups in total. The molecule has 1 aromatic heterocycles. The van der Waals surface area contributed by atoms with Crippen LogP contribution in [0.25, 0.3) is 11.3 Å². The first kappa shape index (κ1) is 19.4. The van der Waals surface area contributed by atoms with Gasteiger partial charge in [-0.15, -0.1) is 0 Å². The molecular weight excluding hydrogens is 362 g/mol. The Morgan fingerprint density at radius 1 is 1.00 bits per heavy atom. The highest BCUT2D eigenvalue weighted by Crippen LogP contribution is 2.21. The van der Waals surface area contributed by atoms with Gasteiger partial charge in [0, 0.05) is 44.4 Å². The first-order valence-electron chi connectivity index (χ1n) is 10.2. The topological polar surface area (TPSA) is 49.6 Å². The molecule has 1 aliphatic heterocycles. The largest absolute Gasteiger partial charge is 0.350 e. The Labute approximate surface area is 171 Å². The quantitative estimate of drug-likeness (QED) is 0.667. The molecule has 1 amide bonds. The molecule has 4 rings (SSSR count). The van der Waals surface area contributed by atoms with Gasteiger partial charge in [0.1, 0.15) is 5.69 Å². The Balaban J connectivity index is 1.40. The molecule has 0 bridgehead atoms. The lowest BCUT2D eigenvalue weighted by atomic mass is 10.1. The number of aromatic nitrogens is 1. The van der Waals surface area contributed by atoms with E-state index in [9.17, 15) is 4.79 Å². The minimum absolute atomic E-state index is 0.0754. The highest BCUT2D eigenvalue weighted by molar-refractivity contribution is 5.92. The van der Waals surface area contributed by atoms with Crippen LogP contribution in [0, 0.1) is 13.8 Å². The summed E-state index contributed by atoms with van der Waals surface area (Å²) in [6, 6.07) is 18.3. The van der Waals surface area contributed by atoms with E-state index in [4.69, 9.17) is 4.52 Å². The molecule has 0 spiro atoms. The van der Waals surface area contributed by atoms with Crippen molar-refractivity contribution in [2.24, 2.45) is 0 Å². The molecule has 0 saturated carbocycles. The summed E-state index contributed by atoms with van der Waals surface area (Å²) in [6.07, 6.45) is 0.955. The maximum absolute atomic E-state index is 12.9. The Morgan fingerprint density at radius 2 is 1.79 bits per heavy atom. The number of carbonyl (C=O) groups is 1. The molecule has 3 aromatic rings. The summed E-state index contributed by atoms with van der Waals surface area (Å²) in [7, 11) is 0. The number of hydrogen-bond donors (Lipinski definition) is 0. The van der Waals surface area contributed by atoms with Gasteiger partial charge in [0.25, 0.3) is 5.91 Å². The predicted octanol–water partition coefficient (Wildman–Crippen LogP) is 4.31. The van der Waals surface area contributed by atoms with E-state index in [-0.39, 0.29) is 5.91 Å². The molecule has 1 saturated heterocycles. The highest BCUT2D eigenvalue weighted by atomic mass is 16.5. The van der Waals surface area contributed by atoms with E-state index in [2.05, 4.69) is 41.2 Å². The van der Waals surface area contributed by atoms with Crippen LogP contribution in [0.3, 0.4) is 0 Å². The summed E-state index contributed by atoms with van der Waals surface area (Å²) in [4.78, 5) is 17.3. The first-order chi connectivity index (χ1) is 14.1. The molecule has 150 valence electrons. The van der Waals surface area contributed by atoms with Gasteiger partial charge in [0.2, 0.25) is 5.76 Å². The Bertz CT molecular complexity index is 978. The SMILES string of the molecule is Cc1ccc(-c2cc(C(=O)N3CCCN(Cc4ccccc4C)CC3)on2)cc1. The molecule has 1 aliphatic rings. The minimum atomic E-state index is -0.0754. The minimum Gasteiger partial charge on any atom is -0.350 e. The summed E-state index contributed by atoms with van der Waals surface area (Å²) in [5.74, 6) is 0.238. The van der Waals surface area contributed by atoms with E-state index in [0.717, 1.165) is 38.2 Å². The molecule has 0 aliphatic carbocycles. The fourth-order valence-corrected chi connectivity index (χ4v) is 3.75. The maximum atomic E-state index is 12.9. The fraction of sp³-hybridized carbons (Fsp3) is 0.333. The Hall–Kier alpha value is -2.92. The molecule has 5 nitrogen and oxygen atoms in total. The van der Waals surface area contributed by atoms with Crippen molar-refractivity contribution in [3.8, 4) is 11.3 Å². The Kier molecular flexibility index (Phi) is 5.76. The van der Waals surface area contributed by atoms with E-state index in [1.165, 1.54) is 16.7 Å². The van der Waals surface area contributed by atoms with Crippen molar-refractivity contribution in [3.63, 3.8) is 0 Å². The molecule has 29 heavy (non-hydrogen) atoms. The van der Waals surface area contributed by atoms with Gasteiger partial charge < -0.3 is 9.42 Å². The fourth-order valence-electron chi connectivity index (χ4n) is 3.75. The maximum Gasteiger partial charge on any atom is 0.292 e. The van der Waals surface area contributed by atoms with Crippen LogP contribution in [0.1, 0.15) is 33.7 Å². The normalized spacial score (nSPS) is 15.3.